The van der Waals surface area contributed by atoms with Crippen molar-refractivity contribution in [1.82, 2.24) is 4.98 Å². The smallest absolute Gasteiger partial charge is 0.174 e. The van der Waals surface area contributed by atoms with Gasteiger partial charge in [-0.2, -0.15) is 0 Å². The van der Waals surface area contributed by atoms with Crippen molar-refractivity contribution in [2.45, 2.75) is 26.2 Å². The first-order chi connectivity index (χ1) is 13.5. The average molecular weight is 367 g/mol. The highest BCUT2D eigenvalue weighted by Crippen LogP contribution is 2.35. The van der Waals surface area contributed by atoms with Crippen molar-refractivity contribution in [3.05, 3.63) is 101 Å². The number of ketones is 2. The van der Waals surface area contributed by atoms with Crippen LogP contribution in [0.4, 0.5) is 0 Å². The van der Waals surface area contributed by atoms with E-state index in [-0.39, 0.29) is 11.6 Å². The molecule has 1 aliphatic carbocycles. The number of nitrogens with zero attached hydrogens (tertiary/aromatic N) is 1. The number of carbonyl (C=O) groups excluding carboxylic acids is 2. The van der Waals surface area contributed by atoms with Gasteiger partial charge in [0, 0.05) is 23.9 Å². The van der Waals surface area contributed by atoms with Crippen LogP contribution >= 0.6 is 0 Å². The monoisotopic (exact) mass is 367 g/mol. The van der Waals surface area contributed by atoms with Gasteiger partial charge in [0.2, 0.25) is 0 Å². The Labute approximate surface area is 164 Å². The lowest BCUT2D eigenvalue weighted by Crippen LogP contribution is -2.18. The number of benzene rings is 2. The Bertz CT molecular complexity index is 1060. The van der Waals surface area contributed by atoms with Crippen LogP contribution in [0.3, 0.4) is 0 Å². The third-order valence-electron chi connectivity index (χ3n) is 5.27. The summed E-state index contributed by atoms with van der Waals surface area (Å²) >= 11 is 0. The maximum absolute atomic E-state index is 13.1. The molecule has 2 aromatic carbocycles. The van der Waals surface area contributed by atoms with Crippen molar-refractivity contribution in [2.75, 3.05) is 0 Å². The first kappa shape index (κ1) is 18.1. The molecular weight excluding hydrogens is 346 g/mol. The van der Waals surface area contributed by atoms with Crippen LogP contribution in [0.2, 0.25) is 0 Å². The van der Waals surface area contributed by atoms with Gasteiger partial charge >= 0.3 is 0 Å². The summed E-state index contributed by atoms with van der Waals surface area (Å²) in [6.45, 7) is 3.96. The second-order valence-corrected chi connectivity index (χ2v) is 7.26. The molecule has 3 nitrogen and oxygen atoms in total. The molecule has 138 valence electrons. The molecule has 0 bridgehead atoms. The third kappa shape index (κ3) is 3.31. The van der Waals surface area contributed by atoms with Crippen molar-refractivity contribution in [3.8, 4) is 11.1 Å². The number of aryl methyl sites for hydroxylation is 2. The molecule has 3 heteroatoms. The summed E-state index contributed by atoms with van der Waals surface area (Å²) in [5.41, 5.74) is 6.33. The molecule has 0 saturated carbocycles. The predicted octanol–water partition coefficient (Wildman–Crippen LogP) is 4.77. The molecule has 0 fully saturated rings. The summed E-state index contributed by atoms with van der Waals surface area (Å²) in [6, 6.07) is 19.8. The summed E-state index contributed by atoms with van der Waals surface area (Å²) in [5.74, 6) is -0.965. The predicted molar refractivity (Wildman–Crippen MR) is 110 cm³/mol. The lowest BCUT2D eigenvalue weighted by molar-refractivity contribution is -0.122. The fraction of sp³-hybridized carbons (Fsp3) is 0.160. The van der Waals surface area contributed by atoms with E-state index >= 15 is 0 Å². The Hall–Kier alpha value is -3.33. The van der Waals surface area contributed by atoms with E-state index < -0.39 is 5.92 Å². The number of aromatic nitrogens is 1. The maximum Gasteiger partial charge on any atom is 0.174 e. The zero-order valence-electron chi connectivity index (χ0n) is 16.0. The summed E-state index contributed by atoms with van der Waals surface area (Å²) < 4.78 is 0. The molecule has 0 N–H and O–H groups in total. The van der Waals surface area contributed by atoms with Crippen molar-refractivity contribution >= 4 is 11.6 Å². The number of carbonyl (C=O) groups is 2. The van der Waals surface area contributed by atoms with E-state index in [2.05, 4.69) is 29.2 Å². The Kier molecular flexibility index (Phi) is 4.74. The van der Waals surface area contributed by atoms with E-state index in [4.69, 9.17) is 0 Å². The fourth-order valence-corrected chi connectivity index (χ4v) is 3.98. The average Bonchev–Trinajstić information content (AvgIpc) is 2.96. The van der Waals surface area contributed by atoms with Gasteiger partial charge in [-0.3, -0.25) is 14.6 Å². The van der Waals surface area contributed by atoms with Gasteiger partial charge in [-0.1, -0.05) is 48.5 Å². The number of rotatable bonds is 4. The van der Waals surface area contributed by atoms with E-state index in [1.165, 1.54) is 6.08 Å². The Morgan fingerprint density at radius 3 is 2.18 bits per heavy atom. The molecule has 0 saturated heterocycles. The van der Waals surface area contributed by atoms with Gasteiger partial charge in [-0.25, -0.2) is 0 Å². The summed E-state index contributed by atoms with van der Waals surface area (Å²) in [6.07, 6.45) is 3.60. The summed E-state index contributed by atoms with van der Waals surface area (Å²) in [4.78, 5) is 30.1. The lowest BCUT2D eigenvalue weighted by atomic mass is 9.84. The SMILES string of the molecule is Cc1cc(-c2ccccc2)cc(C)c1C1C(=O)C=C(Cc2ccccn2)C1=O. The minimum absolute atomic E-state index is 0.102. The van der Waals surface area contributed by atoms with Crippen molar-refractivity contribution < 1.29 is 9.59 Å². The van der Waals surface area contributed by atoms with Crippen LogP contribution in [0.1, 0.15) is 28.3 Å². The first-order valence-electron chi connectivity index (χ1n) is 9.39. The van der Waals surface area contributed by atoms with Crippen LogP contribution in [0.15, 0.2) is 78.5 Å². The zero-order valence-corrected chi connectivity index (χ0v) is 16.0. The summed E-state index contributed by atoms with van der Waals surface area (Å²) in [5, 5.41) is 0. The molecule has 3 aromatic rings. The molecule has 1 atom stereocenters. The van der Waals surface area contributed by atoms with E-state index in [1.54, 1.807) is 6.20 Å². The van der Waals surface area contributed by atoms with Crippen LogP contribution in [0, 0.1) is 13.8 Å². The molecule has 1 unspecified atom stereocenters. The van der Waals surface area contributed by atoms with Crippen molar-refractivity contribution in [3.63, 3.8) is 0 Å². The molecule has 0 radical (unpaired) electrons. The van der Waals surface area contributed by atoms with Crippen LogP contribution in [-0.2, 0) is 16.0 Å². The number of allylic oxidation sites excluding steroid dienone is 2. The van der Waals surface area contributed by atoms with Gasteiger partial charge in [-0.15, -0.1) is 0 Å². The Morgan fingerprint density at radius 2 is 1.54 bits per heavy atom. The van der Waals surface area contributed by atoms with E-state index in [1.807, 2.05) is 50.2 Å². The van der Waals surface area contributed by atoms with Crippen molar-refractivity contribution in [2.24, 2.45) is 0 Å². The van der Waals surface area contributed by atoms with Crippen LogP contribution in [-0.4, -0.2) is 16.6 Å². The summed E-state index contributed by atoms with van der Waals surface area (Å²) in [7, 11) is 0. The molecule has 1 aromatic heterocycles. The van der Waals surface area contributed by atoms with E-state index in [0.29, 0.717) is 12.0 Å². The quantitative estimate of drug-likeness (QED) is 0.624. The van der Waals surface area contributed by atoms with Crippen LogP contribution in [0.25, 0.3) is 11.1 Å². The van der Waals surface area contributed by atoms with Gasteiger partial charge in [0.1, 0.15) is 5.92 Å². The second kappa shape index (κ2) is 7.35. The van der Waals surface area contributed by atoms with Gasteiger partial charge < -0.3 is 0 Å². The molecular formula is C25H21NO2. The van der Waals surface area contributed by atoms with Gasteiger partial charge in [0.05, 0.1) is 0 Å². The highest BCUT2D eigenvalue weighted by molar-refractivity contribution is 6.25. The topological polar surface area (TPSA) is 47.0 Å². The normalized spacial score (nSPS) is 16.4. The second-order valence-electron chi connectivity index (χ2n) is 7.26. The number of hydrogen-bond acceptors (Lipinski definition) is 3. The lowest BCUT2D eigenvalue weighted by Gasteiger charge is -2.17. The molecule has 4 rings (SSSR count). The number of Topliss-reactive ketones (excluding diaryl/α,β-unsaturated/α-hetero) is 1. The molecule has 0 amide bonds. The number of pyridine rings is 1. The maximum atomic E-state index is 13.1. The van der Waals surface area contributed by atoms with Crippen LogP contribution < -0.4 is 0 Å². The van der Waals surface area contributed by atoms with Crippen molar-refractivity contribution in [1.29, 1.82) is 0 Å². The molecule has 28 heavy (non-hydrogen) atoms. The highest BCUT2D eigenvalue weighted by Gasteiger charge is 2.37. The zero-order chi connectivity index (χ0) is 19.7. The molecule has 0 aliphatic heterocycles. The number of hydrogen-bond donors (Lipinski definition) is 0. The molecule has 1 heterocycles. The molecule has 1 aliphatic rings. The highest BCUT2D eigenvalue weighted by atomic mass is 16.2. The fourth-order valence-electron chi connectivity index (χ4n) is 3.98. The standard InChI is InChI=1S/C25H21NO2/c1-16-12-19(18-8-4-3-5-9-18)13-17(2)23(16)24-22(27)15-20(25(24)28)14-21-10-6-7-11-26-21/h3-13,15,24H,14H2,1-2H3. The van der Waals surface area contributed by atoms with E-state index in [9.17, 15) is 9.59 Å². The first-order valence-corrected chi connectivity index (χ1v) is 9.39. The van der Waals surface area contributed by atoms with Gasteiger partial charge in [0.25, 0.3) is 0 Å². The largest absolute Gasteiger partial charge is 0.294 e. The third-order valence-corrected chi connectivity index (χ3v) is 5.27. The van der Waals surface area contributed by atoms with Gasteiger partial charge in [0.15, 0.2) is 11.6 Å². The Balaban J connectivity index is 1.66. The van der Waals surface area contributed by atoms with Crippen LogP contribution in [0.5, 0.6) is 0 Å². The minimum Gasteiger partial charge on any atom is -0.294 e. The minimum atomic E-state index is -0.733. The molecule has 0 spiro atoms. The Morgan fingerprint density at radius 1 is 0.857 bits per heavy atom. The van der Waals surface area contributed by atoms with Gasteiger partial charge in [-0.05, 0) is 59.9 Å². The van der Waals surface area contributed by atoms with E-state index in [0.717, 1.165) is 33.5 Å².